The van der Waals surface area contributed by atoms with Crippen LogP contribution < -0.4 is 5.32 Å². The van der Waals surface area contributed by atoms with Crippen LogP contribution in [0, 0.1) is 0 Å². The molecule has 0 aliphatic carbocycles. The van der Waals surface area contributed by atoms with Crippen LogP contribution in [0.3, 0.4) is 0 Å². The quantitative estimate of drug-likeness (QED) is 0.505. The van der Waals surface area contributed by atoms with Gasteiger partial charge in [-0.1, -0.05) is 0 Å². The lowest BCUT2D eigenvalue weighted by atomic mass is 10.2. The number of esters is 1. The number of hydrogen-bond acceptors (Lipinski definition) is 7. The van der Waals surface area contributed by atoms with Gasteiger partial charge in [-0.05, 0) is 39.5 Å². The highest BCUT2D eigenvalue weighted by atomic mass is 32.3. The molecule has 0 rings (SSSR count). The molecule has 24 heavy (non-hydrogen) atoms. The van der Waals surface area contributed by atoms with E-state index in [0.717, 1.165) is 14.2 Å². The zero-order chi connectivity index (χ0) is 19.2. The summed E-state index contributed by atoms with van der Waals surface area (Å²) in [7, 11) is -2.54. The Labute approximate surface area is 145 Å². The van der Waals surface area contributed by atoms with Crippen LogP contribution in [0.25, 0.3) is 0 Å². The summed E-state index contributed by atoms with van der Waals surface area (Å²) in [6.45, 7) is 5.15. The van der Waals surface area contributed by atoms with Crippen LogP contribution in [0.1, 0.15) is 20.8 Å². The molecule has 0 fully saturated rings. The fraction of sp³-hybridized carbons (Fsp3) is 0.857. The molecule has 0 radical (unpaired) electrons. The van der Waals surface area contributed by atoms with Crippen LogP contribution in [-0.4, -0.2) is 68.8 Å². The number of alkyl carbamates (subject to hydrolysis) is 1. The van der Waals surface area contributed by atoms with Crippen molar-refractivity contribution in [1.29, 1.82) is 0 Å². The van der Waals surface area contributed by atoms with E-state index >= 15 is 0 Å². The Morgan fingerprint density at radius 3 is 2.00 bits per heavy atom. The number of ether oxygens (including phenoxy) is 2. The molecule has 0 aliphatic rings. The van der Waals surface area contributed by atoms with E-state index in [1.54, 1.807) is 20.8 Å². The van der Waals surface area contributed by atoms with E-state index in [0.29, 0.717) is 5.75 Å². The summed E-state index contributed by atoms with van der Waals surface area (Å²) in [6, 6.07) is 0. The Hall–Kier alpha value is -0.760. The zero-order valence-corrected chi connectivity index (χ0v) is 17.4. The van der Waals surface area contributed by atoms with Gasteiger partial charge in [0.25, 0.3) is 0 Å². The first-order valence-electron chi connectivity index (χ1n) is 7.27. The summed E-state index contributed by atoms with van der Waals surface area (Å²) in [6.07, 6.45) is 5.31. The first-order chi connectivity index (χ1) is 10.7. The lowest BCUT2D eigenvalue weighted by molar-refractivity contribution is -0.143. The summed E-state index contributed by atoms with van der Waals surface area (Å²) in [4.78, 5) is 24.2. The highest BCUT2D eigenvalue weighted by Gasteiger charge is 2.43. The van der Waals surface area contributed by atoms with E-state index in [2.05, 4.69) is 24.1 Å². The van der Waals surface area contributed by atoms with Crippen LogP contribution >= 0.6 is 17.6 Å². The Morgan fingerprint density at radius 2 is 1.62 bits per heavy atom. The van der Waals surface area contributed by atoms with Gasteiger partial charge in [-0.2, -0.15) is 0 Å². The van der Waals surface area contributed by atoms with Crippen molar-refractivity contribution >= 4 is 29.7 Å². The largest absolute Gasteiger partial charge is 0.463 e. The van der Waals surface area contributed by atoms with Crippen LogP contribution in [-0.2, 0) is 27.9 Å². The Bertz CT molecular complexity index is 476. The fourth-order valence-corrected chi connectivity index (χ4v) is 3.19. The Morgan fingerprint density at radius 1 is 1.12 bits per heavy atom. The molecule has 1 atom stereocenters. The molecular weight excluding hydrogens is 357 g/mol. The molecule has 0 saturated heterocycles. The van der Waals surface area contributed by atoms with Crippen LogP contribution in [0.2, 0.25) is 0 Å². The molecule has 0 aromatic rings. The molecule has 1 N–H and O–H groups in total. The topological polar surface area (TPSA) is 100 Å². The molecule has 1 unspecified atom stereocenters. The third-order valence-electron chi connectivity index (χ3n) is 2.64. The van der Waals surface area contributed by atoms with E-state index in [-0.39, 0.29) is 6.61 Å². The lowest BCUT2D eigenvalue weighted by Gasteiger charge is -2.27. The predicted octanol–water partition coefficient (Wildman–Crippen LogP) is 2.56. The van der Waals surface area contributed by atoms with E-state index < -0.39 is 41.1 Å². The van der Waals surface area contributed by atoms with E-state index in [4.69, 9.17) is 18.5 Å². The number of carbonyl (C=O) groups excluding carboxylic acids is 2. The number of rotatable bonds is 8. The first-order valence-corrected chi connectivity index (χ1v) is 11.9. The molecule has 1 amide bonds. The maximum atomic E-state index is 12.5. The molecule has 10 heteroatoms. The van der Waals surface area contributed by atoms with Crippen LogP contribution in [0.4, 0.5) is 4.79 Å². The summed E-state index contributed by atoms with van der Waals surface area (Å²) in [5, 5.41) is 2.22. The molecular formula is C14H30NO7PS. The van der Waals surface area contributed by atoms with Gasteiger partial charge in [-0.25, -0.2) is 19.6 Å². The zero-order valence-electron chi connectivity index (χ0n) is 15.7. The molecule has 0 bridgehead atoms. The molecule has 8 nitrogen and oxygen atoms in total. The summed E-state index contributed by atoms with van der Waals surface area (Å²) < 4.78 is 32.4. The minimum atomic E-state index is -3.93. The van der Waals surface area contributed by atoms with Crippen molar-refractivity contribution in [2.75, 3.05) is 45.3 Å². The highest BCUT2D eigenvalue weighted by molar-refractivity contribution is 8.32. The maximum Gasteiger partial charge on any atom is 0.408 e. The fourth-order valence-electron chi connectivity index (χ4n) is 1.44. The summed E-state index contributed by atoms with van der Waals surface area (Å²) >= 11 is 0. The minimum Gasteiger partial charge on any atom is -0.463 e. The van der Waals surface area contributed by atoms with E-state index in [9.17, 15) is 14.2 Å². The second-order valence-corrected chi connectivity index (χ2v) is 13.8. The van der Waals surface area contributed by atoms with Gasteiger partial charge in [-0.3, -0.25) is 9.88 Å². The smallest absolute Gasteiger partial charge is 0.408 e. The Balaban J connectivity index is 5.10. The van der Waals surface area contributed by atoms with Crippen LogP contribution in [0.5, 0.6) is 0 Å². The highest BCUT2D eigenvalue weighted by Crippen LogP contribution is 2.51. The monoisotopic (exact) mass is 387 g/mol. The van der Waals surface area contributed by atoms with Crippen molar-refractivity contribution in [1.82, 2.24) is 5.32 Å². The van der Waals surface area contributed by atoms with Crippen molar-refractivity contribution in [2.24, 2.45) is 0 Å². The van der Waals surface area contributed by atoms with Gasteiger partial charge < -0.3 is 18.5 Å². The second-order valence-electron chi connectivity index (χ2n) is 6.92. The van der Waals surface area contributed by atoms with Crippen molar-refractivity contribution in [2.45, 2.75) is 32.2 Å². The van der Waals surface area contributed by atoms with Crippen molar-refractivity contribution < 1.29 is 32.7 Å². The van der Waals surface area contributed by atoms with Crippen molar-refractivity contribution in [3.63, 3.8) is 0 Å². The first kappa shape index (κ1) is 23.2. The molecule has 0 aromatic carbocycles. The van der Waals surface area contributed by atoms with Gasteiger partial charge in [0.2, 0.25) is 5.78 Å². The van der Waals surface area contributed by atoms with Crippen molar-refractivity contribution in [3.8, 4) is 0 Å². The average Bonchev–Trinajstić information content (AvgIpc) is 2.40. The molecule has 0 spiro atoms. The summed E-state index contributed by atoms with van der Waals surface area (Å²) in [5.74, 6) is -1.81. The molecule has 0 aromatic heterocycles. The molecule has 0 aliphatic heterocycles. The normalized spacial score (nSPS) is 14.7. The lowest BCUT2D eigenvalue weighted by Crippen LogP contribution is -2.44. The van der Waals surface area contributed by atoms with Gasteiger partial charge in [0.15, 0.2) is 0 Å². The molecule has 144 valence electrons. The minimum absolute atomic E-state index is 0.150. The summed E-state index contributed by atoms with van der Waals surface area (Å²) in [5.41, 5.74) is -0.779. The number of carbonyl (C=O) groups is 2. The molecule has 0 heterocycles. The van der Waals surface area contributed by atoms with Gasteiger partial charge in [-0.15, -0.1) is 0 Å². The SMILES string of the molecule is COP(=O)(OC)C(NC(=O)OC(C)(C)C)C(=O)OCCS(C)(C)C. The predicted molar refractivity (Wildman–Crippen MR) is 96.0 cm³/mol. The second kappa shape index (κ2) is 9.08. The van der Waals surface area contributed by atoms with Crippen molar-refractivity contribution in [3.05, 3.63) is 0 Å². The number of hydrogen-bond donors (Lipinski definition) is 1. The van der Waals surface area contributed by atoms with Gasteiger partial charge in [0, 0.05) is 20.0 Å². The van der Waals surface area contributed by atoms with Gasteiger partial charge in [0.05, 0.1) is 6.61 Å². The average molecular weight is 387 g/mol. The standard InChI is InChI=1S/C14H30NO7PS/c1-14(2,3)22-13(17)15-11(23(18,19-4)20-5)12(16)21-9-10-24(6,7)8/h11H,9-10H2,1-8H3,(H,15,17). The van der Waals surface area contributed by atoms with E-state index in [1.807, 2.05) is 0 Å². The van der Waals surface area contributed by atoms with Crippen LogP contribution in [0.15, 0.2) is 0 Å². The molecule has 0 saturated carbocycles. The number of amides is 1. The van der Waals surface area contributed by atoms with Gasteiger partial charge in [0.1, 0.15) is 5.60 Å². The third-order valence-corrected chi connectivity index (χ3v) is 6.02. The van der Waals surface area contributed by atoms with Gasteiger partial charge >= 0.3 is 19.7 Å². The number of nitrogens with one attached hydrogen (secondary N) is 1. The van der Waals surface area contributed by atoms with E-state index in [1.165, 1.54) is 0 Å². The Kier molecular flexibility index (Phi) is 8.79. The maximum absolute atomic E-state index is 12.5. The third kappa shape index (κ3) is 8.92.